The van der Waals surface area contributed by atoms with E-state index in [9.17, 15) is 25.3 Å². The van der Waals surface area contributed by atoms with E-state index in [4.69, 9.17) is 4.74 Å². The highest BCUT2D eigenvalue weighted by Gasteiger charge is 2.16. The van der Waals surface area contributed by atoms with E-state index < -0.39 is 16.6 Å². The number of aromatic hydroxyl groups is 1. The van der Waals surface area contributed by atoms with Crippen molar-refractivity contribution in [2.75, 3.05) is 5.32 Å². The molecule has 0 bridgehead atoms. The van der Waals surface area contributed by atoms with E-state index in [1.807, 2.05) is 36.4 Å². The van der Waals surface area contributed by atoms with E-state index in [0.717, 1.165) is 17.7 Å². The van der Waals surface area contributed by atoms with Crippen LogP contribution in [0, 0.1) is 21.4 Å². The van der Waals surface area contributed by atoms with Crippen molar-refractivity contribution in [1.82, 2.24) is 0 Å². The maximum absolute atomic E-state index is 12.5. The van der Waals surface area contributed by atoms with Gasteiger partial charge in [0.15, 0.2) is 0 Å². The lowest BCUT2D eigenvalue weighted by molar-refractivity contribution is -0.384. The lowest BCUT2D eigenvalue weighted by Crippen LogP contribution is -2.13. The summed E-state index contributed by atoms with van der Waals surface area (Å²) in [5.41, 5.74) is 0.924. The summed E-state index contributed by atoms with van der Waals surface area (Å²) in [6.45, 7) is 0.359. The summed E-state index contributed by atoms with van der Waals surface area (Å²) in [5.74, 6) is -0.701. The molecule has 0 aliphatic carbocycles. The number of nitro groups is 1. The molecule has 0 fully saturated rings. The standard InChI is InChI=1S/C23H15Br2N3O5/c24-18-9-15(10-19(25)22(18)33-13-14-4-2-1-3-5-14)8-16(12-26)23(30)27-20-7-6-17(28(31)32)11-21(20)29/h1-11,29H,13H2,(H,27,30)/b16-8-. The summed E-state index contributed by atoms with van der Waals surface area (Å²) in [4.78, 5) is 22.6. The molecular formula is C23H15Br2N3O5. The van der Waals surface area contributed by atoms with E-state index in [1.54, 1.807) is 12.1 Å². The maximum atomic E-state index is 12.5. The molecule has 0 aliphatic heterocycles. The van der Waals surface area contributed by atoms with Crippen LogP contribution in [0.3, 0.4) is 0 Å². The van der Waals surface area contributed by atoms with Gasteiger partial charge < -0.3 is 15.2 Å². The predicted molar refractivity (Wildman–Crippen MR) is 130 cm³/mol. The van der Waals surface area contributed by atoms with Gasteiger partial charge >= 0.3 is 0 Å². The second-order valence-electron chi connectivity index (χ2n) is 6.67. The Morgan fingerprint density at radius 3 is 2.39 bits per heavy atom. The fourth-order valence-electron chi connectivity index (χ4n) is 2.77. The summed E-state index contributed by atoms with van der Waals surface area (Å²) in [6.07, 6.45) is 1.37. The Kier molecular flexibility index (Phi) is 7.82. The Hall–Kier alpha value is -3.68. The molecule has 0 atom stereocenters. The van der Waals surface area contributed by atoms with Crippen LogP contribution in [-0.4, -0.2) is 15.9 Å². The van der Waals surface area contributed by atoms with E-state index in [2.05, 4.69) is 37.2 Å². The highest BCUT2D eigenvalue weighted by atomic mass is 79.9. The number of non-ortho nitro benzene ring substituents is 1. The van der Waals surface area contributed by atoms with Crippen molar-refractivity contribution >= 4 is 55.2 Å². The van der Waals surface area contributed by atoms with Gasteiger partial charge in [-0.15, -0.1) is 0 Å². The zero-order chi connectivity index (χ0) is 24.0. The number of phenols is 1. The normalized spacial score (nSPS) is 10.9. The first-order valence-corrected chi connectivity index (χ1v) is 10.9. The van der Waals surface area contributed by atoms with Crippen molar-refractivity contribution in [3.05, 3.63) is 96.4 Å². The molecule has 0 unspecified atom stereocenters. The molecule has 2 N–H and O–H groups in total. The Morgan fingerprint density at radius 1 is 1.15 bits per heavy atom. The number of ether oxygens (including phenoxy) is 1. The Bertz CT molecular complexity index is 1260. The molecular weight excluding hydrogens is 558 g/mol. The van der Waals surface area contributed by atoms with Crippen molar-refractivity contribution in [2.24, 2.45) is 0 Å². The van der Waals surface area contributed by atoms with Gasteiger partial charge in [-0.3, -0.25) is 14.9 Å². The van der Waals surface area contributed by atoms with Crippen LogP contribution in [-0.2, 0) is 11.4 Å². The number of amides is 1. The average molecular weight is 573 g/mol. The minimum absolute atomic E-state index is 0.0567. The van der Waals surface area contributed by atoms with E-state index >= 15 is 0 Å². The van der Waals surface area contributed by atoms with Crippen molar-refractivity contribution < 1.29 is 19.6 Å². The number of carbonyl (C=O) groups is 1. The van der Waals surface area contributed by atoms with E-state index in [0.29, 0.717) is 26.9 Å². The number of hydrogen-bond donors (Lipinski definition) is 2. The molecule has 0 saturated carbocycles. The smallest absolute Gasteiger partial charge is 0.273 e. The number of rotatable bonds is 7. The van der Waals surface area contributed by atoms with Crippen molar-refractivity contribution in [1.29, 1.82) is 5.26 Å². The van der Waals surface area contributed by atoms with Gasteiger partial charge in [0, 0.05) is 6.07 Å². The molecule has 10 heteroatoms. The average Bonchev–Trinajstić information content (AvgIpc) is 2.78. The quantitative estimate of drug-likeness (QED) is 0.118. The second-order valence-corrected chi connectivity index (χ2v) is 8.38. The van der Waals surface area contributed by atoms with Gasteiger partial charge in [-0.2, -0.15) is 5.26 Å². The SMILES string of the molecule is N#C/C(=C/c1cc(Br)c(OCc2ccccc2)c(Br)c1)C(=O)Nc1ccc([N+](=O)[O-])cc1O. The van der Waals surface area contributed by atoms with Crippen LogP contribution in [0.15, 0.2) is 75.2 Å². The van der Waals surface area contributed by atoms with Crippen molar-refractivity contribution in [2.45, 2.75) is 6.61 Å². The molecule has 0 aliphatic rings. The zero-order valence-electron chi connectivity index (χ0n) is 16.8. The molecule has 33 heavy (non-hydrogen) atoms. The van der Waals surface area contributed by atoms with Gasteiger partial charge in [-0.1, -0.05) is 30.3 Å². The first kappa shape index (κ1) is 24.0. The monoisotopic (exact) mass is 571 g/mol. The lowest BCUT2D eigenvalue weighted by atomic mass is 10.1. The first-order chi connectivity index (χ1) is 15.8. The molecule has 8 nitrogen and oxygen atoms in total. The summed E-state index contributed by atoms with van der Waals surface area (Å²) in [7, 11) is 0. The minimum atomic E-state index is -0.779. The van der Waals surface area contributed by atoms with Gasteiger partial charge in [0.05, 0.1) is 25.6 Å². The number of nitrogens with zero attached hydrogens (tertiary/aromatic N) is 2. The summed E-state index contributed by atoms with van der Waals surface area (Å²) in [6, 6.07) is 18.1. The molecule has 3 aromatic carbocycles. The Labute approximate surface area is 205 Å². The fourth-order valence-corrected chi connectivity index (χ4v) is 4.23. The number of halogens is 2. The number of benzene rings is 3. The molecule has 0 saturated heterocycles. The predicted octanol–water partition coefficient (Wildman–Crippen LogP) is 5.95. The number of anilines is 1. The number of nitrogens with one attached hydrogen (secondary N) is 1. The van der Waals surface area contributed by atoms with E-state index in [-0.39, 0.29) is 16.9 Å². The van der Waals surface area contributed by atoms with Crippen LogP contribution in [0.1, 0.15) is 11.1 Å². The van der Waals surface area contributed by atoms with Gasteiger partial charge in [0.1, 0.15) is 29.7 Å². The third kappa shape index (κ3) is 6.19. The number of nitriles is 1. The molecule has 166 valence electrons. The first-order valence-electron chi connectivity index (χ1n) is 9.35. The second kappa shape index (κ2) is 10.8. The van der Waals surface area contributed by atoms with Crippen molar-refractivity contribution in [3.63, 3.8) is 0 Å². The molecule has 0 heterocycles. The molecule has 0 radical (unpaired) electrons. The van der Waals surface area contributed by atoms with Crippen molar-refractivity contribution in [3.8, 4) is 17.6 Å². The van der Waals surface area contributed by atoms with Crippen LogP contribution in [0.5, 0.6) is 11.5 Å². The van der Waals surface area contributed by atoms with Crippen LogP contribution >= 0.6 is 31.9 Å². The third-order valence-electron chi connectivity index (χ3n) is 4.36. The summed E-state index contributed by atoms with van der Waals surface area (Å²) < 4.78 is 7.10. The van der Waals surface area contributed by atoms with Gasteiger partial charge in [-0.25, -0.2) is 0 Å². The number of hydrogen-bond acceptors (Lipinski definition) is 6. The van der Waals surface area contributed by atoms with E-state index in [1.165, 1.54) is 12.1 Å². The van der Waals surface area contributed by atoms with Crippen LogP contribution in [0.25, 0.3) is 6.08 Å². The topological polar surface area (TPSA) is 125 Å². The number of phenolic OH excluding ortho intramolecular Hbond substituents is 1. The largest absolute Gasteiger partial charge is 0.506 e. The van der Waals surface area contributed by atoms with Crippen LogP contribution in [0.2, 0.25) is 0 Å². The van der Waals surface area contributed by atoms with Gasteiger partial charge in [0.2, 0.25) is 0 Å². The number of nitro benzene ring substituents is 1. The third-order valence-corrected chi connectivity index (χ3v) is 5.54. The molecule has 1 amide bonds. The minimum Gasteiger partial charge on any atom is -0.506 e. The Morgan fingerprint density at radius 2 is 1.82 bits per heavy atom. The van der Waals surface area contributed by atoms with Gasteiger partial charge in [0.25, 0.3) is 11.6 Å². The van der Waals surface area contributed by atoms with Crippen LogP contribution in [0.4, 0.5) is 11.4 Å². The number of carbonyl (C=O) groups excluding carboxylic acids is 1. The summed E-state index contributed by atoms with van der Waals surface area (Å²) in [5, 5.41) is 32.5. The zero-order valence-corrected chi connectivity index (χ0v) is 20.0. The lowest BCUT2D eigenvalue weighted by Gasteiger charge is -2.12. The molecule has 3 aromatic rings. The fraction of sp³-hybridized carbons (Fsp3) is 0.0435. The molecule has 0 aromatic heterocycles. The highest BCUT2D eigenvalue weighted by Crippen LogP contribution is 2.36. The summed E-state index contributed by atoms with van der Waals surface area (Å²) >= 11 is 6.89. The maximum Gasteiger partial charge on any atom is 0.273 e. The Balaban J connectivity index is 1.78. The highest BCUT2D eigenvalue weighted by molar-refractivity contribution is 9.11. The molecule has 0 spiro atoms. The van der Waals surface area contributed by atoms with Crippen LogP contribution < -0.4 is 10.1 Å². The van der Waals surface area contributed by atoms with Gasteiger partial charge in [-0.05, 0) is 67.3 Å². The molecule has 3 rings (SSSR count).